The van der Waals surface area contributed by atoms with E-state index in [0.29, 0.717) is 40.1 Å². The van der Waals surface area contributed by atoms with Crippen molar-refractivity contribution in [3.05, 3.63) is 11.2 Å². The molecule has 33 heavy (non-hydrogen) atoms. The van der Waals surface area contributed by atoms with Crippen LogP contribution in [0.15, 0.2) is 6.33 Å². The van der Waals surface area contributed by atoms with Crippen molar-refractivity contribution in [1.29, 1.82) is 0 Å². The number of rotatable bonds is 5. The van der Waals surface area contributed by atoms with E-state index in [1.807, 2.05) is 0 Å². The van der Waals surface area contributed by atoms with E-state index in [2.05, 4.69) is 69.7 Å². The molecule has 0 radical (unpaired) electrons. The number of nitrogens with zero attached hydrogens (tertiary/aromatic N) is 3. The third-order valence-corrected chi connectivity index (χ3v) is 18.4. The van der Waals surface area contributed by atoms with Crippen LogP contribution in [-0.4, -0.2) is 50.3 Å². The molecule has 8 nitrogen and oxygen atoms in total. The van der Waals surface area contributed by atoms with E-state index >= 15 is 0 Å². The molecule has 0 saturated carbocycles. The summed E-state index contributed by atoms with van der Waals surface area (Å²) in [5.74, 6) is 0.398. The highest BCUT2D eigenvalue weighted by Gasteiger charge is 2.60. The zero-order chi connectivity index (χ0) is 24.1. The van der Waals surface area contributed by atoms with Gasteiger partial charge in [0.15, 0.2) is 5.82 Å². The molecule has 1 unspecified atom stereocenters. The first-order chi connectivity index (χ1) is 15.5. The topological polar surface area (TPSA) is 102 Å². The Hall–Kier alpha value is -0.956. The van der Waals surface area contributed by atoms with Gasteiger partial charge in [0.2, 0.25) is 0 Å². The van der Waals surface area contributed by atoms with Gasteiger partial charge in [-0.05, 0) is 33.7 Å². The number of anilines is 1. The van der Waals surface area contributed by atoms with Crippen LogP contribution >= 0.6 is 11.5 Å². The van der Waals surface area contributed by atoms with Gasteiger partial charge < -0.3 is 23.4 Å². The number of ether oxygens (including phenoxy) is 1. The smallest absolute Gasteiger partial charge is 0.335 e. The summed E-state index contributed by atoms with van der Waals surface area (Å²) in [5, 5.41) is 0. The monoisotopic (exact) mass is 510 g/mol. The van der Waals surface area contributed by atoms with Crippen LogP contribution in [0.3, 0.4) is 0 Å². The van der Waals surface area contributed by atoms with Crippen LogP contribution < -0.4 is 5.73 Å². The highest BCUT2D eigenvalue weighted by molar-refractivity contribution is 7.07. The molecule has 4 heterocycles. The zero-order valence-electron chi connectivity index (χ0n) is 21.0. The van der Waals surface area contributed by atoms with Gasteiger partial charge in [0, 0.05) is 6.42 Å². The van der Waals surface area contributed by atoms with E-state index in [4.69, 9.17) is 23.4 Å². The average Bonchev–Trinajstić information content (AvgIpc) is 3.32. The molecule has 0 bridgehead atoms. The van der Waals surface area contributed by atoms with E-state index in [0.717, 1.165) is 16.8 Å². The molecule has 0 amide bonds. The average molecular weight is 511 g/mol. The van der Waals surface area contributed by atoms with Gasteiger partial charge in [0.1, 0.15) is 23.5 Å². The van der Waals surface area contributed by atoms with Gasteiger partial charge in [0.05, 0.1) is 23.7 Å². The number of nitrogens with two attached hydrogens (primary N) is 1. The Morgan fingerprint density at radius 1 is 0.909 bits per heavy atom. The summed E-state index contributed by atoms with van der Waals surface area (Å²) in [6, 6.07) is 0. The summed E-state index contributed by atoms with van der Waals surface area (Å²) in [4.78, 5) is 9.50. The second kappa shape index (κ2) is 9.25. The Morgan fingerprint density at radius 3 is 2.15 bits per heavy atom. The van der Waals surface area contributed by atoms with Crippen LogP contribution in [0.5, 0.6) is 0 Å². The third kappa shape index (κ3) is 4.19. The normalized spacial score (nSPS) is 27.5. The molecule has 2 aliphatic heterocycles. The predicted molar refractivity (Wildman–Crippen MR) is 136 cm³/mol. The van der Waals surface area contributed by atoms with Crippen molar-refractivity contribution in [2.24, 2.45) is 0 Å². The largest absolute Gasteiger partial charge is 0.414 e. The summed E-state index contributed by atoms with van der Waals surface area (Å²) >= 11 is 1.39. The molecule has 2 N–H and O–H groups in total. The molecule has 11 heteroatoms. The third-order valence-electron chi connectivity index (χ3n) is 7.16. The van der Waals surface area contributed by atoms with Crippen molar-refractivity contribution in [3.63, 3.8) is 0 Å². The van der Waals surface area contributed by atoms with Crippen LogP contribution in [0, 0.1) is 0 Å². The van der Waals surface area contributed by atoms with E-state index in [1.54, 1.807) is 0 Å². The molecule has 0 aromatic carbocycles. The van der Waals surface area contributed by atoms with Crippen molar-refractivity contribution in [3.8, 4) is 0 Å². The maximum atomic E-state index is 7.26. The highest BCUT2D eigenvalue weighted by atomic mass is 32.1. The van der Waals surface area contributed by atoms with Gasteiger partial charge in [-0.25, -0.2) is 9.97 Å². The van der Waals surface area contributed by atoms with Crippen molar-refractivity contribution < 1.29 is 17.7 Å². The fraction of sp³-hybridized carbons (Fsp3) is 0.773. The predicted octanol–water partition coefficient (Wildman–Crippen LogP) is 5.45. The minimum atomic E-state index is -2.64. The summed E-state index contributed by atoms with van der Waals surface area (Å²) in [6.07, 6.45) is 1.82. The van der Waals surface area contributed by atoms with Crippen molar-refractivity contribution in [2.45, 2.75) is 102 Å². The molecule has 0 aliphatic carbocycles. The van der Waals surface area contributed by atoms with Gasteiger partial charge in [-0.2, -0.15) is 4.37 Å². The second-order valence-corrected chi connectivity index (χ2v) is 20.2. The lowest BCUT2D eigenvalue weighted by molar-refractivity contribution is -0.0377. The first-order valence-electron chi connectivity index (χ1n) is 12.0. The molecule has 4 rings (SSSR count). The molecule has 2 saturated heterocycles. The van der Waals surface area contributed by atoms with Crippen LogP contribution in [0.4, 0.5) is 5.82 Å². The SMILES string of the molecule is CC(C)[Si]1(C(C)C)OC[C@@H]2O[C@@H](c3snc4c(N)ncnc34)CC2O[Si](C(C)C)(C(C)C)O1. The molecular formula is C22H38N4O4SSi2. The van der Waals surface area contributed by atoms with Crippen LogP contribution in [0.2, 0.25) is 22.2 Å². The van der Waals surface area contributed by atoms with Gasteiger partial charge in [-0.3, -0.25) is 0 Å². The molecule has 2 aliphatic rings. The van der Waals surface area contributed by atoms with Crippen LogP contribution in [0.1, 0.15) is 72.8 Å². The summed E-state index contributed by atoms with van der Waals surface area (Å²) in [7, 11) is -5.22. The highest BCUT2D eigenvalue weighted by Crippen LogP contribution is 2.49. The van der Waals surface area contributed by atoms with Gasteiger partial charge in [-0.15, -0.1) is 0 Å². The standard InChI is InChI=1S/C22H38N4O4SSi2/c1-12(2)32(13(3)4)27-10-18-16(29-33(30-32,14(5)6)15(7)8)9-17(28-18)21-19-20(26-31-21)22(23)25-11-24-19/h11-18H,9-10H2,1-8H3,(H2,23,24,25)/t16?,17-,18+/m1/s1. The Kier molecular flexibility index (Phi) is 7.05. The quantitative estimate of drug-likeness (QED) is 0.529. The molecule has 0 spiro atoms. The lowest BCUT2D eigenvalue weighted by Crippen LogP contribution is -2.65. The van der Waals surface area contributed by atoms with Crippen molar-refractivity contribution >= 4 is 45.5 Å². The first-order valence-corrected chi connectivity index (χ1v) is 16.8. The van der Waals surface area contributed by atoms with E-state index in [9.17, 15) is 0 Å². The van der Waals surface area contributed by atoms with Crippen LogP contribution in [-0.2, 0) is 17.7 Å². The number of aromatic nitrogens is 3. The van der Waals surface area contributed by atoms with Gasteiger partial charge >= 0.3 is 17.1 Å². The van der Waals surface area contributed by atoms with E-state index in [1.165, 1.54) is 17.9 Å². The number of hydrogen-bond donors (Lipinski definition) is 1. The summed E-state index contributed by atoms with van der Waals surface area (Å²) < 4.78 is 32.3. The molecule has 3 atom stereocenters. The first kappa shape index (κ1) is 25.1. The number of hydrogen-bond acceptors (Lipinski definition) is 9. The Bertz CT molecular complexity index is 970. The van der Waals surface area contributed by atoms with E-state index < -0.39 is 17.1 Å². The Balaban J connectivity index is 1.72. The maximum absolute atomic E-state index is 7.26. The maximum Gasteiger partial charge on any atom is 0.335 e. The molecule has 2 aromatic rings. The Labute approximate surface area is 203 Å². The molecule has 2 fully saturated rings. The van der Waals surface area contributed by atoms with Gasteiger partial charge in [0.25, 0.3) is 0 Å². The van der Waals surface area contributed by atoms with Crippen molar-refractivity contribution in [2.75, 3.05) is 12.3 Å². The van der Waals surface area contributed by atoms with Crippen LogP contribution in [0.25, 0.3) is 11.0 Å². The fourth-order valence-corrected chi connectivity index (χ4v) is 17.4. The zero-order valence-corrected chi connectivity index (χ0v) is 23.8. The molecule has 184 valence electrons. The summed E-state index contributed by atoms with van der Waals surface area (Å²) in [6.45, 7) is 18.4. The van der Waals surface area contributed by atoms with Gasteiger partial charge in [-0.1, -0.05) is 55.4 Å². The summed E-state index contributed by atoms with van der Waals surface area (Å²) in [5.41, 5.74) is 8.63. The fourth-order valence-electron chi connectivity index (χ4n) is 5.33. The minimum absolute atomic E-state index is 0.0888. The lowest BCUT2D eigenvalue weighted by atomic mass is 10.1. The number of fused-ring (bicyclic) bond motifs is 2. The number of nitrogen functional groups attached to an aromatic ring is 1. The van der Waals surface area contributed by atoms with Crippen molar-refractivity contribution in [1.82, 2.24) is 14.3 Å². The minimum Gasteiger partial charge on any atom is -0.414 e. The second-order valence-electron chi connectivity index (χ2n) is 10.5. The molecule has 2 aromatic heterocycles. The lowest BCUT2D eigenvalue weighted by Gasteiger charge is -2.51. The Morgan fingerprint density at radius 2 is 1.55 bits per heavy atom. The van der Waals surface area contributed by atoms with E-state index in [-0.39, 0.29) is 18.3 Å². The molecular weight excluding hydrogens is 473 g/mol.